The first-order valence-corrected chi connectivity index (χ1v) is 11.5. The molecule has 140 valence electrons. The van der Waals surface area contributed by atoms with Gasteiger partial charge in [-0.05, 0) is 85.9 Å². The molecule has 0 radical (unpaired) electrons. The van der Waals surface area contributed by atoms with Crippen LogP contribution in [0.1, 0.15) is 57.9 Å². The Hall–Kier alpha value is -0.470. The lowest BCUT2D eigenvalue weighted by Gasteiger charge is -2.66. The molecule has 0 aromatic heterocycles. The van der Waals surface area contributed by atoms with Crippen LogP contribution < -0.4 is 0 Å². The van der Waals surface area contributed by atoms with Crippen LogP contribution in [0.2, 0.25) is 0 Å². The molecule has 0 N–H and O–H groups in total. The predicted octanol–water partition coefficient (Wildman–Crippen LogP) is 5.89. The average Bonchev–Trinajstić information content (AvgIpc) is 2.64. The van der Waals surface area contributed by atoms with Crippen LogP contribution in [-0.4, -0.2) is 36.5 Å². The van der Waals surface area contributed by atoms with Gasteiger partial charge in [-0.15, -0.1) is 0 Å². The van der Waals surface area contributed by atoms with E-state index < -0.39 is 0 Å². The van der Waals surface area contributed by atoms with Gasteiger partial charge in [0.05, 0.1) is 0 Å². The minimum atomic E-state index is 0.628. The fourth-order valence-corrected chi connectivity index (χ4v) is 6.37. The normalized spacial score (nSPS) is 27.3. The zero-order valence-electron chi connectivity index (χ0n) is 16.6. The molecular formula is C23H37NS. The highest BCUT2D eigenvalue weighted by Crippen LogP contribution is 2.69. The molecule has 0 saturated heterocycles. The molecule has 3 aliphatic rings. The number of rotatable bonds is 10. The van der Waals surface area contributed by atoms with E-state index in [4.69, 9.17) is 0 Å². The lowest BCUT2D eigenvalue weighted by atomic mass is 9.39. The zero-order valence-corrected chi connectivity index (χ0v) is 17.4. The van der Waals surface area contributed by atoms with E-state index in [1.807, 2.05) is 0 Å². The van der Waals surface area contributed by atoms with Crippen molar-refractivity contribution in [3.05, 3.63) is 35.9 Å². The third kappa shape index (κ3) is 4.45. The fraction of sp³-hybridized carbons (Fsp3) is 0.739. The minimum absolute atomic E-state index is 0.628. The van der Waals surface area contributed by atoms with E-state index in [1.165, 1.54) is 75.1 Å². The van der Waals surface area contributed by atoms with Gasteiger partial charge in [0.15, 0.2) is 0 Å². The van der Waals surface area contributed by atoms with Crippen molar-refractivity contribution in [1.29, 1.82) is 0 Å². The second kappa shape index (κ2) is 8.48. The second-order valence-corrected chi connectivity index (χ2v) is 10.3. The van der Waals surface area contributed by atoms with Crippen molar-refractivity contribution in [1.82, 2.24) is 4.90 Å². The first-order valence-electron chi connectivity index (χ1n) is 10.3. The number of hydrogen-bond donors (Lipinski definition) is 0. The van der Waals surface area contributed by atoms with Crippen LogP contribution in [0.4, 0.5) is 0 Å². The minimum Gasteiger partial charge on any atom is -0.306 e. The Morgan fingerprint density at radius 1 is 1.12 bits per heavy atom. The summed E-state index contributed by atoms with van der Waals surface area (Å²) < 4.78 is 0. The maximum atomic E-state index is 2.55. The topological polar surface area (TPSA) is 3.24 Å². The van der Waals surface area contributed by atoms with Crippen LogP contribution in [0.3, 0.4) is 0 Å². The molecule has 25 heavy (non-hydrogen) atoms. The van der Waals surface area contributed by atoms with Gasteiger partial charge in [0.25, 0.3) is 0 Å². The lowest BCUT2D eigenvalue weighted by Crippen LogP contribution is -2.57. The summed E-state index contributed by atoms with van der Waals surface area (Å²) in [6.45, 7) is 7.51. The van der Waals surface area contributed by atoms with Crippen LogP contribution in [0.5, 0.6) is 0 Å². The van der Waals surface area contributed by atoms with Crippen LogP contribution in [0.25, 0.3) is 0 Å². The number of nitrogens with zero attached hydrogens (tertiary/aromatic N) is 1. The van der Waals surface area contributed by atoms with E-state index in [9.17, 15) is 0 Å². The van der Waals surface area contributed by atoms with Crippen LogP contribution in [0.15, 0.2) is 30.3 Å². The highest BCUT2D eigenvalue weighted by molar-refractivity contribution is 7.99. The van der Waals surface area contributed by atoms with Crippen molar-refractivity contribution in [3.8, 4) is 0 Å². The molecule has 1 aromatic rings. The number of fused-ring (bicyclic) bond motifs is 2. The molecule has 2 heteroatoms. The molecule has 1 nitrogen and oxygen atoms in total. The van der Waals surface area contributed by atoms with E-state index in [-0.39, 0.29) is 0 Å². The van der Waals surface area contributed by atoms with E-state index in [0.717, 1.165) is 5.92 Å². The van der Waals surface area contributed by atoms with Gasteiger partial charge in [-0.3, -0.25) is 0 Å². The molecule has 0 amide bonds. The van der Waals surface area contributed by atoms with Gasteiger partial charge < -0.3 is 4.90 Å². The highest BCUT2D eigenvalue weighted by atomic mass is 32.2. The van der Waals surface area contributed by atoms with Crippen LogP contribution >= 0.6 is 11.8 Å². The van der Waals surface area contributed by atoms with Crippen molar-refractivity contribution >= 4 is 11.8 Å². The number of benzene rings is 1. The van der Waals surface area contributed by atoms with E-state index >= 15 is 0 Å². The van der Waals surface area contributed by atoms with E-state index in [0.29, 0.717) is 10.8 Å². The summed E-state index contributed by atoms with van der Waals surface area (Å²) in [5.74, 6) is 3.74. The Kier molecular flexibility index (Phi) is 6.55. The maximum absolute atomic E-state index is 2.55. The zero-order chi connectivity index (χ0) is 17.8. The summed E-state index contributed by atoms with van der Waals surface area (Å²) in [4.78, 5) is 2.49. The third-order valence-corrected chi connectivity index (χ3v) is 8.48. The van der Waals surface area contributed by atoms with Gasteiger partial charge in [0.2, 0.25) is 0 Å². The van der Waals surface area contributed by atoms with Gasteiger partial charge in [-0.2, -0.15) is 11.8 Å². The second-order valence-electron chi connectivity index (χ2n) is 9.05. The largest absolute Gasteiger partial charge is 0.306 e. The first-order chi connectivity index (χ1) is 12.0. The van der Waals surface area contributed by atoms with Crippen molar-refractivity contribution < 1.29 is 0 Å². The summed E-state index contributed by atoms with van der Waals surface area (Å²) >= 11 is 2.20. The SMILES string of the molecule is CN(CCCSCC[C@]12CCC[C@@H](C1)C2(C)C)CCc1ccccc1. The van der Waals surface area contributed by atoms with Gasteiger partial charge in [0.1, 0.15) is 0 Å². The molecule has 0 heterocycles. The molecule has 0 spiro atoms. The molecule has 3 fully saturated rings. The summed E-state index contributed by atoms with van der Waals surface area (Å²) in [7, 11) is 2.27. The first kappa shape index (κ1) is 19.3. The van der Waals surface area contributed by atoms with E-state index in [1.54, 1.807) is 0 Å². The van der Waals surface area contributed by atoms with Crippen molar-refractivity contribution in [2.75, 3.05) is 31.6 Å². The number of thioether (sulfide) groups is 1. The Morgan fingerprint density at radius 3 is 2.64 bits per heavy atom. The monoisotopic (exact) mass is 359 g/mol. The highest BCUT2D eigenvalue weighted by Gasteiger charge is 2.60. The smallest absolute Gasteiger partial charge is 0.00188 e. The van der Waals surface area contributed by atoms with Gasteiger partial charge in [-0.25, -0.2) is 0 Å². The third-order valence-electron chi connectivity index (χ3n) is 7.41. The van der Waals surface area contributed by atoms with Crippen molar-refractivity contribution in [2.45, 2.75) is 58.8 Å². The van der Waals surface area contributed by atoms with Gasteiger partial charge >= 0.3 is 0 Å². The maximum Gasteiger partial charge on any atom is 0.00188 e. The molecule has 0 aliphatic heterocycles. The molecule has 0 unspecified atom stereocenters. The number of likely N-dealkylation sites (N-methyl/N-ethyl adjacent to an activating group) is 1. The lowest BCUT2D eigenvalue weighted by molar-refractivity contribution is -0.161. The van der Waals surface area contributed by atoms with Gasteiger partial charge in [0, 0.05) is 6.54 Å². The fourth-order valence-electron chi connectivity index (χ4n) is 5.30. The predicted molar refractivity (Wildman–Crippen MR) is 112 cm³/mol. The van der Waals surface area contributed by atoms with Crippen LogP contribution in [-0.2, 0) is 6.42 Å². The van der Waals surface area contributed by atoms with Crippen molar-refractivity contribution in [2.24, 2.45) is 16.7 Å². The van der Waals surface area contributed by atoms with Crippen molar-refractivity contribution in [3.63, 3.8) is 0 Å². The molecule has 3 aliphatic carbocycles. The Balaban J connectivity index is 1.24. The average molecular weight is 360 g/mol. The summed E-state index contributed by atoms with van der Waals surface area (Å²) in [5, 5.41) is 0. The van der Waals surface area contributed by atoms with Gasteiger partial charge in [-0.1, -0.05) is 50.6 Å². The molecule has 4 rings (SSSR count). The molecule has 1 aromatic carbocycles. The number of hydrogen-bond acceptors (Lipinski definition) is 2. The summed E-state index contributed by atoms with van der Waals surface area (Å²) in [6, 6.07) is 10.9. The Labute approximate surface area is 160 Å². The van der Waals surface area contributed by atoms with Crippen LogP contribution in [0, 0.1) is 16.7 Å². The molecule has 2 atom stereocenters. The standard InChI is InChI=1S/C23H37NS/c1-22(2)21-11-7-13-23(22,19-21)14-18-25-17-8-15-24(3)16-12-20-9-5-4-6-10-20/h4-6,9-10,21H,7-8,11-19H2,1-3H3/t21-,23+/m0/s1. The summed E-state index contributed by atoms with van der Waals surface area (Å²) in [6.07, 6.45) is 9.98. The summed E-state index contributed by atoms with van der Waals surface area (Å²) in [5.41, 5.74) is 2.79. The molecule has 3 saturated carbocycles. The molecule has 2 bridgehead atoms. The quantitative estimate of drug-likeness (QED) is 0.479. The Bertz CT molecular complexity index is 522. The Morgan fingerprint density at radius 2 is 1.92 bits per heavy atom. The molecular weight excluding hydrogens is 322 g/mol. The van der Waals surface area contributed by atoms with E-state index in [2.05, 4.69) is 67.9 Å².